The lowest BCUT2D eigenvalue weighted by atomic mass is 9.85. The lowest BCUT2D eigenvalue weighted by molar-refractivity contribution is 0.0766. The van der Waals surface area contributed by atoms with Crippen molar-refractivity contribution in [2.45, 2.75) is 58.9 Å². The van der Waals surface area contributed by atoms with Crippen molar-refractivity contribution >= 4 is 0 Å². The second-order valence-electron chi connectivity index (χ2n) is 6.64. The van der Waals surface area contributed by atoms with Crippen LogP contribution in [0, 0.1) is 11.8 Å². The van der Waals surface area contributed by atoms with E-state index in [0.717, 1.165) is 31.6 Å². The van der Waals surface area contributed by atoms with Gasteiger partial charge in [-0.1, -0.05) is 19.1 Å². The first kappa shape index (κ1) is 15.7. The molecule has 0 saturated heterocycles. The fourth-order valence-electron chi connectivity index (χ4n) is 2.27. The number of nitrogens with one attached hydrogen (secondary N) is 1. The minimum absolute atomic E-state index is 0.241. The summed E-state index contributed by atoms with van der Waals surface area (Å²) in [5, 5.41) is 3.50. The van der Waals surface area contributed by atoms with Crippen molar-refractivity contribution in [2.75, 3.05) is 19.8 Å². The Morgan fingerprint density at radius 1 is 1.17 bits per heavy atom. The van der Waals surface area contributed by atoms with Gasteiger partial charge in [0.05, 0.1) is 0 Å². The molecule has 1 aliphatic rings. The highest BCUT2D eigenvalue weighted by Gasteiger charge is 2.17. The molecule has 2 unspecified atom stereocenters. The fraction of sp³-hybridized carbons (Fsp3) is 0.875. The molecule has 2 heteroatoms. The summed E-state index contributed by atoms with van der Waals surface area (Å²) >= 11 is 0. The maximum atomic E-state index is 5.81. The van der Waals surface area contributed by atoms with Gasteiger partial charge in [0.15, 0.2) is 0 Å². The van der Waals surface area contributed by atoms with E-state index in [2.05, 4.69) is 45.2 Å². The largest absolute Gasteiger partial charge is 0.381 e. The summed E-state index contributed by atoms with van der Waals surface area (Å²) in [7, 11) is 0. The van der Waals surface area contributed by atoms with Gasteiger partial charge < -0.3 is 10.1 Å². The third kappa shape index (κ3) is 7.17. The van der Waals surface area contributed by atoms with Crippen LogP contribution in [0.2, 0.25) is 0 Å². The Labute approximate surface area is 113 Å². The summed E-state index contributed by atoms with van der Waals surface area (Å²) in [5.41, 5.74) is 0.241. The average molecular weight is 253 g/mol. The predicted molar refractivity (Wildman–Crippen MR) is 78.8 cm³/mol. The highest BCUT2D eigenvalue weighted by atomic mass is 16.5. The SMILES string of the molecule is CC1CC=CCC1COCCCCNC(C)(C)C. The van der Waals surface area contributed by atoms with Crippen LogP contribution in [-0.4, -0.2) is 25.3 Å². The van der Waals surface area contributed by atoms with Gasteiger partial charge in [0.2, 0.25) is 0 Å². The third-order valence-electron chi connectivity index (χ3n) is 3.62. The van der Waals surface area contributed by atoms with Gasteiger partial charge in [-0.15, -0.1) is 0 Å². The molecule has 2 nitrogen and oxygen atoms in total. The second-order valence-corrected chi connectivity index (χ2v) is 6.64. The van der Waals surface area contributed by atoms with Crippen LogP contribution in [0.25, 0.3) is 0 Å². The fourth-order valence-corrected chi connectivity index (χ4v) is 2.27. The zero-order chi connectivity index (χ0) is 13.4. The van der Waals surface area contributed by atoms with Crippen LogP contribution in [0.3, 0.4) is 0 Å². The van der Waals surface area contributed by atoms with Crippen LogP contribution >= 0.6 is 0 Å². The van der Waals surface area contributed by atoms with Crippen LogP contribution in [0.5, 0.6) is 0 Å². The molecule has 0 aliphatic heterocycles. The monoisotopic (exact) mass is 253 g/mol. The molecule has 0 heterocycles. The highest BCUT2D eigenvalue weighted by Crippen LogP contribution is 2.24. The first-order valence-corrected chi connectivity index (χ1v) is 7.47. The summed E-state index contributed by atoms with van der Waals surface area (Å²) in [6.45, 7) is 11.9. The maximum absolute atomic E-state index is 5.81. The molecule has 0 aromatic rings. The molecular weight excluding hydrogens is 222 g/mol. The predicted octanol–water partition coefficient (Wildman–Crippen LogP) is 3.77. The van der Waals surface area contributed by atoms with Crippen molar-refractivity contribution < 1.29 is 4.74 Å². The Balaban J connectivity index is 1.94. The van der Waals surface area contributed by atoms with Gasteiger partial charge in [-0.3, -0.25) is 0 Å². The second kappa shape index (κ2) is 7.96. The van der Waals surface area contributed by atoms with E-state index in [0.29, 0.717) is 0 Å². The van der Waals surface area contributed by atoms with Crippen LogP contribution in [0.15, 0.2) is 12.2 Å². The number of ether oxygens (including phenoxy) is 1. The summed E-state index contributed by atoms with van der Waals surface area (Å²) in [4.78, 5) is 0. The van der Waals surface area contributed by atoms with Crippen molar-refractivity contribution in [3.8, 4) is 0 Å². The van der Waals surface area contributed by atoms with Gasteiger partial charge in [0.1, 0.15) is 0 Å². The van der Waals surface area contributed by atoms with Crippen molar-refractivity contribution in [2.24, 2.45) is 11.8 Å². The molecule has 0 aromatic heterocycles. The van der Waals surface area contributed by atoms with Crippen LogP contribution in [0.4, 0.5) is 0 Å². The lowest BCUT2D eigenvalue weighted by Gasteiger charge is -2.25. The van der Waals surface area contributed by atoms with E-state index in [9.17, 15) is 0 Å². The molecule has 0 radical (unpaired) electrons. The molecule has 0 bridgehead atoms. The zero-order valence-electron chi connectivity index (χ0n) is 12.7. The first-order chi connectivity index (χ1) is 8.49. The van der Waals surface area contributed by atoms with Crippen molar-refractivity contribution in [3.63, 3.8) is 0 Å². The zero-order valence-corrected chi connectivity index (χ0v) is 12.7. The quantitative estimate of drug-likeness (QED) is 0.551. The Hall–Kier alpha value is -0.340. The molecule has 0 fully saturated rings. The molecule has 1 N–H and O–H groups in total. The number of allylic oxidation sites excluding steroid dienone is 2. The molecule has 0 saturated carbocycles. The van der Waals surface area contributed by atoms with Gasteiger partial charge in [-0.2, -0.15) is 0 Å². The number of hydrogen-bond acceptors (Lipinski definition) is 2. The Kier molecular flexibility index (Phi) is 6.95. The molecule has 18 heavy (non-hydrogen) atoms. The average Bonchev–Trinajstić information content (AvgIpc) is 2.28. The summed E-state index contributed by atoms with van der Waals surface area (Å²) in [6.07, 6.45) is 9.41. The minimum atomic E-state index is 0.241. The van der Waals surface area contributed by atoms with Gasteiger partial charge in [-0.25, -0.2) is 0 Å². The Morgan fingerprint density at radius 2 is 1.89 bits per heavy atom. The molecular formula is C16H31NO. The minimum Gasteiger partial charge on any atom is -0.381 e. The van der Waals surface area contributed by atoms with E-state index in [1.165, 1.54) is 25.7 Å². The van der Waals surface area contributed by atoms with Crippen LogP contribution in [-0.2, 0) is 4.74 Å². The molecule has 2 atom stereocenters. The highest BCUT2D eigenvalue weighted by molar-refractivity contribution is 4.93. The Bertz CT molecular complexity index is 242. The molecule has 0 spiro atoms. The normalized spacial score (nSPS) is 24.4. The van der Waals surface area contributed by atoms with Gasteiger partial charge in [-0.05, 0) is 64.8 Å². The standard InChI is InChI=1S/C16H31NO/c1-14-9-5-6-10-15(14)13-18-12-8-7-11-17-16(2,3)4/h5-6,14-15,17H,7-13H2,1-4H3. The Morgan fingerprint density at radius 3 is 2.56 bits per heavy atom. The van der Waals surface area contributed by atoms with E-state index in [-0.39, 0.29) is 5.54 Å². The maximum Gasteiger partial charge on any atom is 0.0499 e. The smallest absolute Gasteiger partial charge is 0.0499 e. The molecule has 1 aliphatic carbocycles. The van der Waals surface area contributed by atoms with Crippen molar-refractivity contribution in [1.82, 2.24) is 5.32 Å². The number of unbranched alkanes of at least 4 members (excludes halogenated alkanes) is 1. The molecule has 1 rings (SSSR count). The van der Waals surface area contributed by atoms with E-state index in [1.807, 2.05) is 0 Å². The molecule has 0 amide bonds. The lowest BCUT2D eigenvalue weighted by Crippen LogP contribution is -2.36. The summed E-state index contributed by atoms with van der Waals surface area (Å²) in [5.74, 6) is 1.53. The van der Waals surface area contributed by atoms with E-state index in [4.69, 9.17) is 4.74 Å². The van der Waals surface area contributed by atoms with E-state index >= 15 is 0 Å². The number of rotatable bonds is 7. The molecule has 0 aromatic carbocycles. The van der Waals surface area contributed by atoms with E-state index in [1.54, 1.807) is 0 Å². The molecule has 106 valence electrons. The van der Waals surface area contributed by atoms with E-state index < -0.39 is 0 Å². The van der Waals surface area contributed by atoms with Gasteiger partial charge in [0.25, 0.3) is 0 Å². The first-order valence-electron chi connectivity index (χ1n) is 7.47. The van der Waals surface area contributed by atoms with Gasteiger partial charge >= 0.3 is 0 Å². The summed E-state index contributed by atoms with van der Waals surface area (Å²) < 4.78 is 5.81. The van der Waals surface area contributed by atoms with Crippen LogP contribution in [0.1, 0.15) is 53.4 Å². The summed E-state index contributed by atoms with van der Waals surface area (Å²) in [6, 6.07) is 0. The van der Waals surface area contributed by atoms with Crippen LogP contribution < -0.4 is 5.32 Å². The topological polar surface area (TPSA) is 21.3 Å². The van der Waals surface area contributed by atoms with Gasteiger partial charge in [0, 0.05) is 18.8 Å². The van der Waals surface area contributed by atoms with Crippen molar-refractivity contribution in [3.05, 3.63) is 12.2 Å². The number of hydrogen-bond donors (Lipinski definition) is 1. The third-order valence-corrected chi connectivity index (χ3v) is 3.62. The van der Waals surface area contributed by atoms with Crippen molar-refractivity contribution in [1.29, 1.82) is 0 Å².